The Hall–Kier alpha value is -3.68. The van der Waals surface area contributed by atoms with Gasteiger partial charge in [-0.15, -0.1) is 0 Å². The Kier molecular flexibility index (Phi) is 8.42. The minimum atomic E-state index is -2.64. The van der Waals surface area contributed by atoms with Crippen molar-refractivity contribution in [1.29, 1.82) is 4.78 Å². The number of rotatable bonds is 9. The Morgan fingerprint density at radius 1 is 1.15 bits per heavy atom. The molecular formula is C34H40F2N6O4S. The van der Waals surface area contributed by atoms with Gasteiger partial charge >= 0.3 is 6.01 Å². The van der Waals surface area contributed by atoms with Crippen LogP contribution in [0.4, 0.5) is 14.6 Å². The van der Waals surface area contributed by atoms with E-state index in [1.807, 2.05) is 30.9 Å². The third-order valence-electron chi connectivity index (χ3n) is 9.94. The lowest BCUT2D eigenvalue weighted by molar-refractivity contribution is 0.0512. The van der Waals surface area contributed by atoms with Gasteiger partial charge in [-0.25, -0.2) is 13.0 Å². The zero-order valence-corrected chi connectivity index (χ0v) is 27.8. The van der Waals surface area contributed by atoms with E-state index in [4.69, 9.17) is 33.9 Å². The molecule has 7 rings (SSSR count). The molecule has 1 unspecified atom stereocenters. The van der Waals surface area contributed by atoms with Gasteiger partial charge < -0.3 is 19.1 Å². The fraction of sp³-hybridized carbons (Fsp3) is 0.500. The average molecular weight is 667 g/mol. The second kappa shape index (κ2) is 12.4. The van der Waals surface area contributed by atoms with Gasteiger partial charge in [-0.1, -0.05) is 13.0 Å². The molecule has 4 aromatic rings. The van der Waals surface area contributed by atoms with Crippen LogP contribution in [0.1, 0.15) is 37.3 Å². The number of benzene rings is 2. The summed E-state index contributed by atoms with van der Waals surface area (Å²) in [6, 6.07) is 7.13. The zero-order chi connectivity index (χ0) is 32.9. The Balaban J connectivity index is 1.38. The number of hydrogen-bond donors (Lipinski definition) is 1. The molecule has 13 heteroatoms. The van der Waals surface area contributed by atoms with Crippen molar-refractivity contribution in [2.24, 2.45) is 0 Å². The Bertz CT molecular complexity index is 1950. The van der Waals surface area contributed by atoms with Gasteiger partial charge in [-0.3, -0.25) is 14.7 Å². The van der Waals surface area contributed by atoms with E-state index in [-0.39, 0.29) is 42.3 Å². The average Bonchev–Trinajstić information content (AvgIpc) is 3.58. The quantitative estimate of drug-likeness (QED) is 0.226. The summed E-state index contributed by atoms with van der Waals surface area (Å²) in [5, 5.41) is 2.26. The van der Waals surface area contributed by atoms with Gasteiger partial charge in [-0.2, -0.15) is 9.97 Å². The molecule has 0 spiro atoms. The van der Waals surface area contributed by atoms with Crippen LogP contribution in [0.5, 0.6) is 11.8 Å². The molecule has 0 amide bonds. The predicted octanol–water partition coefficient (Wildman–Crippen LogP) is 5.66. The number of aryl methyl sites for hydroxylation is 2. The molecule has 3 aliphatic heterocycles. The van der Waals surface area contributed by atoms with Crippen LogP contribution < -0.4 is 14.4 Å². The van der Waals surface area contributed by atoms with Crippen molar-refractivity contribution < 1.29 is 27.2 Å². The minimum absolute atomic E-state index is 0.0524. The molecule has 47 heavy (non-hydrogen) atoms. The van der Waals surface area contributed by atoms with E-state index in [0.29, 0.717) is 71.8 Å². The lowest BCUT2D eigenvalue weighted by Crippen LogP contribution is -2.43. The number of nitrogens with one attached hydrogen (secondary N) is 1. The van der Waals surface area contributed by atoms with Crippen LogP contribution in [-0.4, -0.2) is 94.0 Å². The van der Waals surface area contributed by atoms with Crippen molar-refractivity contribution in [2.45, 2.75) is 51.2 Å². The normalized spacial score (nSPS) is 22.7. The van der Waals surface area contributed by atoms with Crippen LogP contribution in [0.15, 0.2) is 30.5 Å². The lowest BCUT2D eigenvalue weighted by Gasteiger charge is -2.32. The molecule has 0 radical (unpaired) electrons. The molecule has 3 saturated heterocycles. The largest absolute Gasteiger partial charge is 0.468 e. The highest BCUT2D eigenvalue weighted by Gasteiger charge is 2.49. The maximum absolute atomic E-state index is 15.2. The minimum Gasteiger partial charge on any atom is -0.468 e. The predicted molar refractivity (Wildman–Crippen MR) is 178 cm³/mol. The second-order valence-electron chi connectivity index (χ2n) is 12.9. The topological polar surface area (TPSA) is 114 Å². The van der Waals surface area contributed by atoms with E-state index in [1.54, 1.807) is 19.4 Å². The van der Waals surface area contributed by atoms with Crippen molar-refractivity contribution in [3.63, 3.8) is 0 Å². The molecule has 3 aliphatic rings. The molecule has 2 aromatic carbocycles. The SMILES string of the molecule is CCc1c(F)ccc2cc(OCOC)cc(-c3ncc4c(N5CCS(=N)(=O)CC5)nc(OC[C@@]56CCCN5CC(F)C6)nc4c3C)c12. The molecule has 2 atom stereocenters. The van der Waals surface area contributed by atoms with Gasteiger partial charge in [0.25, 0.3) is 0 Å². The van der Waals surface area contributed by atoms with Gasteiger partial charge in [0.2, 0.25) is 0 Å². The van der Waals surface area contributed by atoms with E-state index in [0.717, 1.165) is 35.7 Å². The molecular weight excluding hydrogens is 626 g/mol. The standard InChI is InChI=1S/C34H40F2N6O4S/c1-4-25-28(36)7-6-22-14-24(46-20-44-3)15-26(29(22)25)30-21(2)31-27(17-38-30)32(41-10-12-47(37,43)13-11-41)40-33(39-31)45-19-34-8-5-9-42(34)18-23(35)16-34/h6-7,14-15,17,23,37H,4-5,8-13,16,18-20H2,1-3H3/t23?,34-/m0/s1. The first-order valence-electron chi connectivity index (χ1n) is 16.2. The van der Waals surface area contributed by atoms with Gasteiger partial charge in [0.05, 0.1) is 22.1 Å². The molecule has 2 aromatic heterocycles. The van der Waals surface area contributed by atoms with Crippen molar-refractivity contribution in [3.05, 3.63) is 47.4 Å². The van der Waals surface area contributed by atoms with Gasteiger partial charge in [0.15, 0.2) is 6.79 Å². The summed E-state index contributed by atoms with van der Waals surface area (Å²) in [7, 11) is -1.09. The third-order valence-corrected chi connectivity index (χ3v) is 11.6. The molecule has 0 aliphatic carbocycles. The highest BCUT2D eigenvalue weighted by Crippen LogP contribution is 2.42. The number of methoxy groups -OCH3 is 1. The summed E-state index contributed by atoms with van der Waals surface area (Å²) in [4.78, 5) is 18.9. The molecule has 1 N–H and O–H groups in total. The number of ether oxygens (including phenoxy) is 3. The lowest BCUT2D eigenvalue weighted by atomic mass is 9.93. The molecule has 3 fully saturated rings. The van der Waals surface area contributed by atoms with Crippen molar-refractivity contribution in [3.8, 4) is 23.0 Å². The highest BCUT2D eigenvalue weighted by atomic mass is 32.2. The summed E-state index contributed by atoms with van der Waals surface area (Å²) in [5.74, 6) is 1.35. The number of anilines is 1. The second-order valence-corrected chi connectivity index (χ2v) is 15.3. The number of pyridine rings is 1. The van der Waals surface area contributed by atoms with Gasteiger partial charge in [-0.05, 0) is 67.3 Å². The molecule has 0 bridgehead atoms. The summed E-state index contributed by atoms with van der Waals surface area (Å²) in [6.07, 6.45) is 3.61. The van der Waals surface area contributed by atoms with Crippen LogP contribution in [0.3, 0.4) is 0 Å². The summed E-state index contributed by atoms with van der Waals surface area (Å²) in [6.45, 7) is 6.26. The number of alkyl halides is 1. The van der Waals surface area contributed by atoms with Crippen LogP contribution in [-0.2, 0) is 20.9 Å². The fourth-order valence-corrected chi connectivity index (χ4v) is 8.81. The summed E-state index contributed by atoms with van der Waals surface area (Å²) >= 11 is 0. The van der Waals surface area contributed by atoms with E-state index in [1.165, 1.54) is 6.07 Å². The number of fused-ring (bicyclic) bond motifs is 3. The van der Waals surface area contributed by atoms with Crippen LogP contribution in [0.25, 0.3) is 32.9 Å². The maximum Gasteiger partial charge on any atom is 0.319 e. The molecule has 10 nitrogen and oxygen atoms in total. The van der Waals surface area contributed by atoms with E-state index in [2.05, 4.69) is 4.90 Å². The molecule has 0 saturated carbocycles. The maximum atomic E-state index is 15.2. The summed E-state index contributed by atoms with van der Waals surface area (Å²) < 4.78 is 67.7. The van der Waals surface area contributed by atoms with Gasteiger partial charge in [0.1, 0.15) is 30.2 Å². The fourth-order valence-electron chi connectivity index (χ4n) is 7.58. The number of halogens is 2. The highest BCUT2D eigenvalue weighted by molar-refractivity contribution is 7.92. The smallest absolute Gasteiger partial charge is 0.319 e. The monoisotopic (exact) mass is 666 g/mol. The third kappa shape index (κ3) is 5.86. The van der Waals surface area contributed by atoms with Crippen LogP contribution >= 0.6 is 0 Å². The molecule has 5 heterocycles. The first-order valence-corrected chi connectivity index (χ1v) is 18.1. The van der Waals surface area contributed by atoms with E-state index >= 15 is 4.39 Å². The van der Waals surface area contributed by atoms with Gasteiger partial charge in [0, 0.05) is 71.7 Å². The number of hydrogen-bond acceptors (Lipinski definition) is 10. The molecule has 250 valence electrons. The van der Waals surface area contributed by atoms with Crippen molar-refractivity contribution in [2.75, 3.05) is 63.1 Å². The van der Waals surface area contributed by atoms with Crippen LogP contribution in [0, 0.1) is 17.5 Å². The van der Waals surface area contributed by atoms with Crippen molar-refractivity contribution in [1.82, 2.24) is 19.9 Å². The number of nitrogens with zero attached hydrogens (tertiary/aromatic N) is 5. The summed E-state index contributed by atoms with van der Waals surface area (Å²) in [5.41, 5.74) is 2.90. The van der Waals surface area contributed by atoms with E-state index in [9.17, 15) is 8.60 Å². The Morgan fingerprint density at radius 2 is 1.96 bits per heavy atom. The van der Waals surface area contributed by atoms with Crippen LogP contribution in [0.2, 0.25) is 0 Å². The Morgan fingerprint density at radius 3 is 2.72 bits per heavy atom. The number of aromatic nitrogens is 3. The first kappa shape index (κ1) is 31.9. The van der Waals surface area contributed by atoms with Crippen molar-refractivity contribution >= 4 is 37.2 Å². The zero-order valence-electron chi connectivity index (χ0n) is 27.0. The first-order chi connectivity index (χ1) is 22.6. The van der Waals surface area contributed by atoms with E-state index < -0.39 is 15.9 Å². The Labute approximate surface area is 273 Å².